The second-order valence-electron chi connectivity index (χ2n) is 9.07. The van der Waals surface area contributed by atoms with Crippen molar-refractivity contribution in [3.05, 3.63) is 0 Å². The zero-order chi connectivity index (χ0) is 24.2. The highest BCUT2D eigenvalue weighted by Gasteiger charge is 2.39. The van der Waals surface area contributed by atoms with Crippen molar-refractivity contribution < 1.29 is 19.8 Å². The van der Waals surface area contributed by atoms with Crippen LogP contribution in [0.1, 0.15) is 60.3 Å². The lowest BCUT2D eigenvalue weighted by Gasteiger charge is -2.38. The number of nitrogens with zero attached hydrogens (tertiary/aromatic N) is 1. The number of thiol groups is 1. The number of nitrogens with one attached hydrogen (secondary N) is 2. The number of aliphatic hydroxyl groups excluding tert-OH is 1. The van der Waals surface area contributed by atoms with Crippen molar-refractivity contribution in [3.8, 4) is 0 Å². The van der Waals surface area contributed by atoms with E-state index >= 15 is 0 Å². The summed E-state index contributed by atoms with van der Waals surface area (Å²) in [5, 5.41) is 25.1. The van der Waals surface area contributed by atoms with Crippen LogP contribution in [0.4, 0.5) is 0 Å². The summed E-state index contributed by atoms with van der Waals surface area (Å²) in [7, 11) is 1.91. The van der Waals surface area contributed by atoms with Crippen molar-refractivity contribution in [1.82, 2.24) is 15.5 Å². The maximum absolute atomic E-state index is 13.3. The van der Waals surface area contributed by atoms with Gasteiger partial charge in [0.2, 0.25) is 5.91 Å². The van der Waals surface area contributed by atoms with Crippen molar-refractivity contribution in [1.29, 1.82) is 0 Å². The molecule has 0 aliphatic carbocycles. The molecule has 0 aliphatic rings. The Balaban J connectivity index is 5.53. The number of likely N-dealkylation sites (N-methyl/N-ethyl adjacent to an activating group) is 1. The molecule has 184 valence electrons. The fourth-order valence-corrected chi connectivity index (χ4v) is 3.77. The first-order chi connectivity index (χ1) is 14.5. The van der Waals surface area contributed by atoms with Gasteiger partial charge in [0.15, 0.2) is 0 Å². The second kappa shape index (κ2) is 15.1. The Hall–Kier alpha value is -0.870. The molecule has 0 aromatic heterocycles. The summed E-state index contributed by atoms with van der Waals surface area (Å²) in [5.74, 6) is -0.383. The molecule has 9 heteroatoms. The van der Waals surface area contributed by atoms with E-state index in [9.17, 15) is 14.7 Å². The van der Waals surface area contributed by atoms with Crippen LogP contribution in [0, 0.1) is 11.8 Å². The van der Waals surface area contributed by atoms with Crippen molar-refractivity contribution in [2.75, 3.05) is 32.5 Å². The van der Waals surface area contributed by atoms with Crippen LogP contribution in [-0.4, -0.2) is 83.2 Å². The van der Waals surface area contributed by atoms with Gasteiger partial charge in [0, 0.05) is 37.5 Å². The number of rotatable bonds is 17. The van der Waals surface area contributed by atoms with Gasteiger partial charge in [-0.05, 0) is 38.6 Å². The van der Waals surface area contributed by atoms with Crippen molar-refractivity contribution >= 4 is 24.5 Å². The topological polar surface area (TPSA) is 128 Å². The fourth-order valence-electron chi connectivity index (χ4n) is 3.64. The van der Waals surface area contributed by atoms with E-state index in [-0.39, 0.29) is 36.9 Å². The Bertz CT molecular complexity index is 540. The number of nitrogens with two attached hydrogens (primary N) is 1. The van der Waals surface area contributed by atoms with Gasteiger partial charge < -0.3 is 26.6 Å². The summed E-state index contributed by atoms with van der Waals surface area (Å²) in [6.07, 6.45) is 2.24. The van der Waals surface area contributed by atoms with Crippen molar-refractivity contribution in [3.63, 3.8) is 0 Å². The van der Waals surface area contributed by atoms with Gasteiger partial charge >= 0.3 is 5.97 Å². The van der Waals surface area contributed by atoms with Crippen LogP contribution >= 0.6 is 12.6 Å². The molecule has 0 aromatic carbocycles. The van der Waals surface area contributed by atoms with Crippen molar-refractivity contribution in [2.45, 2.75) is 84.0 Å². The Morgan fingerprint density at radius 2 is 1.77 bits per heavy atom. The van der Waals surface area contributed by atoms with Crippen molar-refractivity contribution in [2.24, 2.45) is 17.6 Å². The van der Waals surface area contributed by atoms with Gasteiger partial charge in [0.1, 0.15) is 5.54 Å². The Morgan fingerprint density at radius 3 is 2.23 bits per heavy atom. The van der Waals surface area contributed by atoms with Crippen LogP contribution in [0.25, 0.3) is 0 Å². The Labute approximate surface area is 194 Å². The summed E-state index contributed by atoms with van der Waals surface area (Å²) < 4.78 is 0. The standard InChI is InChI=1S/C22H46N4O4S/c1-7-15(3)18(24-12-17(23)14-31)13-26(6)19(16(4)8-2)20(28)25-22(5,21(29)30)10-9-11-27/h15-19,24,27,31H,7-14,23H2,1-6H3,(H,25,28)(H,29,30)/t15?,16?,17-,18?,19?,22?/m0/s1. The minimum absolute atomic E-state index is 0.0400. The van der Waals surface area contributed by atoms with E-state index in [1.807, 2.05) is 25.8 Å². The molecule has 0 aromatic rings. The van der Waals surface area contributed by atoms with Gasteiger partial charge in [-0.3, -0.25) is 9.69 Å². The second-order valence-corrected chi connectivity index (χ2v) is 9.43. The highest BCUT2D eigenvalue weighted by molar-refractivity contribution is 7.80. The number of carbonyl (C=O) groups excluding carboxylic acids is 1. The highest BCUT2D eigenvalue weighted by Crippen LogP contribution is 2.20. The average molecular weight is 463 g/mol. The largest absolute Gasteiger partial charge is 0.480 e. The third kappa shape index (κ3) is 10.1. The van der Waals surface area contributed by atoms with Gasteiger partial charge in [-0.1, -0.05) is 40.5 Å². The first-order valence-corrected chi connectivity index (χ1v) is 12.1. The molecule has 0 fully saturated rings. The van der Waals surface area contributed by atoms with E-state index in [1.165, 1.54) is 6.92 Å². The van der Waals surface area contributed by atoms with Crippen LogP contribution in [0.3, 0.4) is 0 Å². The maximum atomic E-state index is 13.3. The molecule has 5 unspecified atom stereocenters. The summed E-state index contributed by atoms with van der Waals surface area (Å²) in [6, 6.07) is -0.373. The number of aliphatic hydroxyl groups is 1. The molecule has 0 radical (unpaired) electrons. The normalized spacial score (nSPS) is 18.6. The van der Waals surface area contributed by atoms with E-state index in [1.54, 1.807) is 0 Å². The van der Waals surface area contributed by atoms with Crippen LogP contribution < -0.4 is 16.4 Å². The molecule has 0 heterocycles. The summed E-state index contributed by atoms with van der Waals surface area (Å²) in [5.41, 5.74) is 4.60. The molecule has 0 spiro atoms. The molecule has 6 N–H and O–H groups in total. The Morgan fingerprint density at radius 1 is 1.19 bits per heavy atom. The number of carboxylic acid groups (broad SMARTS) is 1. The van der Waals surface area contributed by atoms with E-state index in [0.29, 0.717) is 31.2 Å². The third-order valence-electron chi connectivity index (χ3n) is 6.32. The molecule has 6 atom stereocenters. The monoisotopic (exact) mass is 462 g/mol. The maximum Gasteiger partial charge on any atom is 0.329 e. The van der Waals surface area contributed by atoms with Crippen LogP contribution in [-0.2, 0) is 9.59 Å². The minimum Gasteiger partial charge on any atom is -0.480 e. The zero-order valence-corrected chi connectivity index (χ0v) is 21.1. The summed E-state index contributed by atoms with van der Waals surface area (Å²) in [6.45, 7) is 11.0. The molecule has 0 saturated heterocycles. The molecular formula is C22H46N4O4S. The smallest absolute Gasteiger partial charge is 0.329 e. The summed E-state index contributed by atoms with van der Waals surface area (Å²) >= 11 is 4.25. The van der Waals surface area contributed by atoms with Crippen LogP contribution in [0.15, 0.2) is 0 Å². The van der Waals surface area contributed by atoms with E-state index < -0.39 is 17.6 Å². The minimum atomic E-state index is -1.42. The number of carboxylic acids is 1. The number of carbonyl (C=O) groups is 2. The molecular weight excluding hydrogens is 416 g/mol. The first-order valence-electron chi connectivity index (χ1n) is 11.4. The number of amides is 1. The molecule has 1 amide bonds. The molecule has 0 rings (SSSR count). The SMILES string of the molecule is CCC(C)C(CN(C)C(C(=O)NC(C)(CCCO)C(=O)O)C(C)CC)NC[C@H](N)CS. The predicted molar refractivity (Wildman–Crippen MR) is 129 cm³/mol. The van der Waals surface area contributed by atoms with E-state index in [0.717, 1.165) is 12.8 Å². The van der Waals surface area contributed by atoms with Crippen LogP contribution in [0.5, 0.6) is 0 Å². The number of aliphatic carboxylic acids is 1. The van der Waals surface area contributed by atoms with Crippen LogP contribution in [0.2, 0.25) is 0 Å². The highest BCUT2D eigenvalue weighted by atomic mass is 32.1. The Kier molecular flexibility index (Phi) is 14.6. The molecule has 31 heavy (non-hydrogen) atoms. The molecule has 0 saturated carbocycles. The van der Waals surface area contributed by atoms with E-state index in [4.69, 9.17) is 10.8 Å². The average Bonchev–Trinajstić information content (AvgIpc) is 2.73. The predicted octanol–water partition coefficient (Wildman–Crippen LogP) is 1.33. The van der Waals surface area contributed by atoms with Gasteiger partial charge in [-0.15, -0.1) is 0 Å². The van der Waals surface area contributed by atoms with Gasteiger partial charge in [0.25, 0.3) is 0 Å². The quantitative estimate of drug-likeness (QED) is 0.180. The third-order valence-corrected chi connectivity index (χ3v) is 6.79. The summed E-state index contributed by atoms with van der Waals surface area (Å²) in [4.78, 5) is 27.1. The number of hydrogen-bond donors (Lipinski definition) is 6. The lowest BCUT2D eigenvalue weighted by atomic mass is 9.91. The molecule has 8 nitrogen and oxygen atoms in total. The first kappa shape index (κ1) is 30.1. The zero-order valence-electron chi connectivity index (χ0n) is 20.2. The molecule has 0 bridgehead atoms. The van der Waals surface area contributed by atoms with E-state index in [2.05, 4.69) is 37.1 Å². The van der Waals surface area contributed by atoms with Gasteiger partial charge in [-0.2, -0.15) is 12.6 Å². The lowest BCUT2D eigenvalue weighted by molar-refractivity contribution is -0.148. The number of hydrogen-bond acceptors (Lipinski definition) is 7. The molecule has 0 aliphatic heterocycles. The lowest BCUT2D eigenvalue weighted by Crippen LogP contribution is -2.60. The fraction of sp³-hybridized carbons (Fsp3) is 0.909. The van der Waals surface area contributed by atoms with Gasteiger partial charge in [0.05, 0.1) is 6.04 Å². The van der Waals surface area contributed by atoms with Gasteiger partial charge in [-0.25, -0.2) is 4.79 Å².